The largest absolute Gasteiger partial charge is 0.466 e. The van der Waals surface area contributed by atoms with Crippen LogP contribution in [0.3, 0.4) is 0 Å². The van der Waals surface area contributed by atoms with Crippen LogP contribution in [0.5, 0.6) is 0 Å². The van der Waals surface area contributed by atoms with E-state index < -0.39 is 0 Å². The molecule has 4 aliphatic carbocycles. The number of ether oxygens (including phenoxy) is 5. The van der Waals surface area contributed by atoms with E-state index in [4.69, 9.17) is 23.7 Å². The molecule has 0 bridgehead atoms. The molecular weight excluding hydrogens is 480 g/mol. The van der Waals surface area contributed by atoms with E-state index in [-0.39, 0.29) is 23.6 Å². The fourth-order valence-electron chi connectivity index (χ4n) is 9.12. The van der Waals surface area contributed by atoms with E-state index in [1.807, 2.05) is 6.92 Å². The van der Waals surface area contributed by atoms with Gasteiger partial charge in [0.25, 0.3) is 0 Å². The van der Waals surface area contributed by atoms with Crippen LogP contribution in [0.4, 0.5) is 0 Å². The number of fused-ring (bicyclic) bond motifs is 5. The van der Waals surface area contributed by atoms with Gasteiger partial charge in [0.05, 0.1) is 18.8 Å². The van der Waals surface area contributed by atoms with Gasteiger partial charge in [-0.2, -0.15) is 0 Å². The van der Waals surface area contributed by atoms with Gasteiger partial charge in [-0.25, -0.2) is 0 Å². The summed E-state index contributed by atoms with van der Waals surface area (Å²) in [6.07, 6.45) is 16.8. The van der Waals surface area contributed by atoms with Crippen molar-refractivity contribution in [3.63, 3.8) is 0 Å². The lowest BCUT2D eigenvalue weighted by atomic mass is 9.46. The Kier molecular flexibility index (Phi) is 10.2. The highest BCUT2D eigenvalue weighted by atomic mass is 16.7. The van der Waals surface area contributed by atoms with Crippen molar-refractivity contribution in [3.05, 3.63) is 23.8 Å². The van der Waals surface area contributed by atoms with Gasteiger partial charge in [0.2, 0.25) is 0 Å². The fourth-order valence-corrected chi connectivity index (χ4v) is 9.12. The summed E-state index contributed by atoms with van der Waals surface area (Å²) < 4.78 is 28.1. The zero-order chi connectivity index (χ0) is 27.3. The van der Waals surface area contributed by atoms with Gasteiger partial charge < -0.3 is 23.7 Å². The van der Waals surface area contributed by atoms with Crippen molar-refractivity contribution in [2.24, 2.45) is 40.4 Å². The summed E-state index contributed by atoms with van der Waals surface area (Å²) in [5.41, 5.74) is 1.94. The lowest BCUT2D eigenvalue weighted by molar-refractivity contribution is -0.179. The average molecular weight is 533 g/mol. The van der Waals surface area contributed by atoms with Crippen LogP contribution in [0, 0.1) is 40.4 Å². The van der Waals surface area contributed by atoms with Gasteiger partial charge in [-0.3, -0.25) is 4.79 Å². The molecule has 0 N–H and O–H groups in total. The molecule has 0 aromatic rings. The van der Waals surface area contributed by atoms with E-state index in [0.717, 1.165) is 25.2 Å². The molecule has 0 radical (unpaired) electrons. The maximum Gasteiger partial charge on any atom is 0.306 e. The standard InChI is InChI=1S/C32H52O6/c1-7-36-30(33)11-9-8-10-22(2)26-14-15-27-25-13-12-23-18-24(37-20-34-5)19-29(38-21-35-6)32(23,4)28(25)16-17-31(26,27)3/h8,10,12,22,24-29H,7,9,11,13-21H2,1-6H3/b10-8+/t22-,24-,25+,26-,27+,28+,29+,31-,32+/m1/s1. The van der Waals surface area contributed by atoms with Gasteiger partial charge in [0.1, 0.15) is 13.6 Å². The molecule has 0 aromatic heterocycles. The van der Waals surface area contributed by atoms with Crippen LogP contribution in [-0.4, -0.2) is 52.6 Å². The molecule has 0 unspecified atom stereocenters. The number of allylic oxidation sites excluding steroid dienone is 3. The van der Waals surface area contributed by atoms with Crippen molar-refractivity contribution in [2.75, 3.05) is 34.4 Å². The molecule has 216 valence electrons. The highest BCUT2D eigenvalue weighted by Gasteiger charge is 2.61. The molecule has 6 heteroatoms. The molecule has 3 saturated carbocycles. The van der Waals surface area contributed by atoms with E-state index in [9.17, 15) is 4.79 Å². The highest BCUT2D eigenvalue weighted by molar-refractivity contribution is 5.69. The Morgan fingerprint density at radius 3 is 2.61 bits per heavy atom. The van der Waals surface area contributed by atoms with Crippen molar-refractivity contribution < 1.29 is 28.5 Å². The van der Waals surface area contributed by atoms with Crippen LogP contribution in [0.25, 0.3) is 0 Å². The van der Waals surface area contributed by atoms with Crippen LogP contribution in [0.15, 0.2) is 23.8 Å². The first kappa shape index (κ1) is 29.8. The minimum absolute atomic E-state index is 0.0341. The third-order valence-electron chi connectivity index (χ3n) is 10.9. The summed E-state index contributed by atoms with van der Waals surface area (Å²) in [7, 11) is 3.39. The minimum atomic E-state index is -0.0960. The molecule has 0 aliphatic heterocycles. The molecule has 38 heavy (non-hydrogen) atoms. The van der Waals surface area contributed by atoms with Crippen LogP contribution < -0.4 is 0 Å². The Morgan fingerprint density at radius 1 is 1.11 bits per heavy atom. The lowest BCUT2D eigenvalue weighted by Crippen LogP contribution is -2.56. The van der Waals surface area contributed by atoms with Gasteiger partial charge in [-0.1, -0.05) is 44.6 Å². The fraction of sp³-hybridized carbons (Fsp3) is 0.844. The molecule has 6 nitrogen and oxygen atoms in total. The topological polar surface area (TPSA) is 63.2 Å². The Bertz CT molecular complexity index is 853. The Hall–Kier alpha value is -1.21. The zero-order valence-electron chi connectivity index (χ0n) is 24.7. The number of carbonyl (C=O) groups excluding carboxylic acids is 1. The quantitative estimate of drug-likeness (QED) is 0.159. The van der Waals surface area contributed by atoms with Crippen molar-refractivity contribution in [1.82, 2.24) is 0 Å². The summed E-state index contributed by atoms with van der Waals surface area (Å²) in [5, 5.41) is 0. The number of hydrogen-bond donors (Lipinski definition) is 0. The highest BCUT2D eigenvalue weighted by Crippen LogP contribution is 2.67. The van der Waals surface area contributed by atoms with Crippen LogP contribution >= 0.6 is 0 Å². The summed E-state index contributed by atoms with van der Waals surface area (Å²) in [6, 6.07) is 0. The van der Waals surface area contributed by atoms with Crippen molar-refractivity contribution in [2.45, 2.75) is 97.7 Å². The molecule has 3 fully saturated rings. The second-order valence-corrected chi connectivity index (χ2v) is 12.7. The van der Waals surface area contributed by atoms with E-state index >= 15 is 0 Å². The SMILES string of the molecule is CCOC(=O)CC/C=C/[C@@H](C)[C@H]1CC[C@H]2[C@@H]3CC=C4C[C@@H](OCOC)C[C@H](OCOC)[C@]4(C)[C@H]3CC[C@]12C. The predicted octanol–water partition coefficient (Wildman–Crippen LogP) is 6.69. The smallest absolute Gasteiger partial charge is 0.306 e. The number of esters is 1. The third-order valence-corrected chi connectivity index (χ3v) is 10.9. The first-order valence-electron chi connectivity index (χ1n) is 15.0. The predicted molar refractivity (Wildman–Crippen MR) is 148 cm³/mol. The van der Waals surface area contributed by atoms with Gasteiger partial charge in [0, 0.05) is 32.5 Å². The van der Waals surface area contributed by atoms with Gasteiger partial charge in [-0.15, -0.1) is 0 Å². The molecule has 9 atom stereocenters. The molecule has 0 aromatic carbocycles. The number of carbonyl (C=O) groups is 1. The minimum Gasteiger partial charge on any atom is -0.466 e. The Balaban J connectivity index is 1.48. The summed E-state index contributed by atoms with van der Waals surface area (Å²) in [6.45, 7) is 10.4. The number of rotatable bonds is 12. The maximum absolute atomic E-state index is 11.7. The first-order chi connectivity index (χ1) is 18.3. The van der Waals surface area contributed by atoms with Gasteiger partial charge in [-0.05, 0) is 86.9 Å². The van der Waals surface area contributed by atoms with Gasteiger partial charge >= 0.3 is 5.97 Å². The Labute approximate surface area is 230 Å². The van der Waals surface area contributed by atoms with E-state index in [1.54, 1.807) is 14.2 Å². The van der Waals surface area contributed by atoms with Crippen LogP contribution in [0.1, 0.15) is 85.5 Å². The third kappa shape index (κ3) is 5.80. The summed E-state index contributed by atoms with van der Waals surface area (Å²) in [5.74, 6) is 3.23. The second kappa shape index (κ2) is 13.0. The number of hydrogen-bond acceptors (Lipinski definition) is 6. The van der Waals surface area contributed by atoms with E-state index in [2.05, 4.69) is 39.0 Å². The van der Waals surface area contributed by atoms with Crippen molar-refractivity contribution in [3.8, 4) is 0 Å². The average Bonchev–Trinajstić information content (AvgIpc) is 3.26. The van der Waals surface area contributed by atoms with Gasteiger partial charge in [0.15, 0.2) is 0 Å². The molecule has 0 heterocycles. The maximum atomic E-state index is 11.7. The van der Waals surface area contributed by atoms with Crippen molar-refractivity contribution >= 4 is 5.97 Å². The van der Waals surface area contributed by atoms with Crippen LogP contribution in [-0.2, 0) is 28.5 Å². The lowest BCUT2D eigenvalue weighted by Gasteiger charge is -2.60. The Morgan fingerprint density at radius 2 is 1.87 bits per heavy atom. The monoisotopic (exact) mass is 532 g/mol. The number of methoxy groups -OCH3 is 2. The molecular formula is C32H52O6. The molecule has 0 amide bonds. The first-order valence-corrected chi connectivity index (χ1v) is 15.0. The van der Waals surface area contributed by atoms with E-state index in [1.165, 1.54) is 37.7 Å². The molecule has 0 spiro atoms. The normalized spacial score (nSPS) is 39.3. The van der Waals surface area contributed by atoms with Crippen molar-refractivity contribution in [1.29, 1.82) is 0 Å². The zero-order valence-corrected chi connectivity index (χ0v) is 24.7. The molecule has 0 saturated heterocycles. The summed E-state index contributed by atoms with van der Waals surface area (Å²) >= 11 is 0. The second-order valence-electron chi connectivity index (χ2n) is 12.7. The van der Waals surface area contributed by atoms with Crippen LogP contribution in [0.2, 0.25) is 0 Å². The molecule has 4 aliphatic rings. The van der Waals surface area contributed by atoms with E-state index in [0.29, 0.717) is 55.7 Å². The molecule has 4 rings (SSSR count). The summed E-state index contributed by atoms with van der Waals surface area (Å²) in [4.78, 5) is 11.7.